The molecular formula is C18H24IN3O. The molecule has 0 bridgehead atoms. The number of halogens is 1. The molecule has 0 saturated carbocycles. The number of phenolic OH excluding ortho intramolecular Hbond substituents is 1. The number of hydrogen-bond donors (Lipinski definition) is 2. The van der Waals surface area contributed by atoms with Crippen LogP contribution in [0.5, 0.6) is 5.75 Å². The maximum absolute atomic E-state index is 9.47. The molecule has 0 unspecified atom stereocenters. The Morgan fingerprint density at radius 2 is 1.74 bits per heavy atom. The van der Waals surface area contributed by atoms with E-state index < -0.39 is 0 Å². The van der Waals surface area contributed by atoms with Crippen molar-refractivity contribution in [3.8, 4) is 5.75 Å². The Balaban J connectivity index is 0.00000264. The second-order valence-corrected chi connectivity index (χ2v) is 5.37. The van der Waals surface area contributed by atoms with Gasteiger partial charge < -0.3 is 15.3 Å². The first-order chi connectivity index (χ1) is 10.6. The molecule has 0 saturated heterocycles. The van der Waals surface area contributed by atoms with Crippen molar-refractivity contribution in [2.45, 2.75) is 13.0 Å². The third-order valence-electron chi connectivity index (χ3n) is 3.29. The van der Waals surface area contributed by atoms with Crippen LogP contribution in [-0.4, -0.2) is 36.6 Å². The van der Waals surface area contributed by atoms with E-state index in [0.29, 0.717) is 12.3 Å². The minimum absolute atomic E-state index is 0. The zero-order chi connectivity index (χ0) is 15.8. The second-order valence-electron chi connectivity index (χ2n) is 5.37. The van der Waals surface area contributed by atoms with Crippen molar-refractivity contribution in [2.24, 2.45) is 4.99 Å². The van der Waals surface area contributed by atoms with Crippen LogP contribution in [0.1, 0.15) is 11.1 Å². The Morgan fingerprint density at radius 3 is 2.39 bits per heavy atom. The Bertz CT molecular complexity index is 615. The maximum atomic E-state index is 9.47. The lowest BCUT2D eigenvalue weighted by Crippen LogP contribution is -2.37. The SMILES string of the molecule is CN(C)C(=NCc1ccccc1)NCCc1cccc(O)c1.I. The van der Waals surface area contributed by atoms with Crippen molar-refractivity contribution < 1.29 is 5.11 Å². The summed E-state index contributed by atoms with van der Waals surface area (Å²) in [7, 11) is 3.95. The first-order valence-corrected chi connectivity index (χ1v) is 7.42. The summed E-state index contributed by atoms with van der Waals surface area (Å²) >= 11 is 0. The van der Waals surface area contributed by atoms with Gasteiger partial charge in [0.25, 0.3) is 0 Å². The molecule has 0 aliphatic carbocycles. The van der Waals surface area contributed by atoms with Crippen LogP contribution in [0.2, 0.25) is 0 Å². The number of phenols is 1. The molecule has 0 atom stereocenters. The molecule has 0 fully saturated rings. The summed E-state index contributed by atoms with van der Waals surface area (Å²) in [5, 5.41) is 12.8. The van der Waals surface area contributed by atoms with Gasteiger partial charge in [-0.2, -0.15) is 0 Å². The van der Waals surface area contributed by atoms with Gasteiger partial charge in [0.15, 0.2) is 5.96 Å². The second kappa shape index (κ2) is 10.1. The summed E-state index contributed by atoms with van der Waals surface area (Å²) in [5.41, 5.74) is 2.30. The third kappa shape index (κ3) is 6.90. The van der Waals surface area contributed by atoms with Gasteiger partial charge in [-0.3, -0.25) is 0 Å². The van der Waals surface area contributed by atoms with E-state index >= 15 is 0 Å². The lowest BCUT2D eigenvalue weighted by atomic mass is 10.1. The molecule has 2 rings (SSSR count). The predicted octanol–water partition coefficient (Wildman–Crippen LogP) is 3.26. The van der Waals surface area contributed by atoms with Gasteiger partial charge in [0.05, 0.1) is 6.54 Å². The number of aliphatic imine (C=N–C) groups is 1. The van der Waals surface area contributed by atoms with E-state index in [1.165, 1.54) is 5.56 Å². The van der Waals surface area contributed by atoms with Crippen LogP contribution >= 0.6 is 24.0 Å². The van der Waals surface area contributed by atoms with Crippen molar-refractivity contribution in [1.29, 1.82) is 0 Å². The van der Waals surface area contributed by atoms with Crippen LogP contribution in [0.4, 0.5) is 0 Å². The van der Waals surface area contributed by atoms with Gasteiger partial charge in [-0.25, -0.2) is 4.99 Å². The average Bonchev–Trinajstić information content (AvgIpc) is 2.51. The van der Waals surface area contributed by atoms with Gasteiger partial charge in [0, 0.05) is 20.6 Å². The van der Waals surface area contributed by atoms with Crippen LogP contribution in [-0.2, 0) is 13.0 Å². The summed E-state index contributed by atoms with van der Waals surface area (Å²) in [6.45, 7) is 1.43. The summed E-state index contributed by atoms with van der Waals surface area (Å²) in [4.78, 5) is 6.60. The Kier molecular flexibility index (Phi) is 8.47. The van der Waals surface area contributed by atoms with E-state index in [1.807, 2.05) is 49.3 Å². The molecule has 0 spiro atoms. The van der Waals surface area contributed by atoms with Gasteiger partial charge in [-0.05, 0) is 29.7 Å². The molecule has 0 aromatic heterocycles. The van der Waals surface area contributed by atoms with Gasteiger partial charge in [-0.1, -0.05) is 42.5 Å². The van der Waals surface area contributed by atoms with E-state index in [2.05, 4.69) is 22.4 Å². The molecule has 0 radical (unpaired) electrons. The standard InChI is InChI=1S/C18H23N3O.HI/c1-21(2)18(20-14-16-7-4-3-5-8-16)19-12-11-15-9-6-10-17(22)13-15;/h3-10,13,22H,11-12,14H2,1-2H3,(H,19,20);1H. The fourth-order valence-electron chi connectivity index (χ4n) is 2.14. The first-order valence-electron chi connectivity index (χ1n) is 7.42. The number of nitrogens with one attached hydrogen (secondary N) is 1. The van der Waals surface area contributed by atoms with Crippen molar-refractivity contribution in [3.05, 3.63) is 65.7 Å². The van der Waals surface area contributed by atoms with E-state index in [9.17, 15) is 5.11 Å². The van der Waals surface area contributed by atoms with E-state index in [0.717, 1.165) is 24.5 Å². The monoisotopic (exact) mass is 425 g/mol. The summed E-state index contributed by atoms with van der Waals surface area (Å²) in [6.07, 6.45) is 0.840. The smallest absolute Gasteiger partial charge is 0.193 e. The first kappa shape index (κ1) is 19.3. The lowest BCUT2D eigenvalue weighted by molar-refractivity contribution is 0.474. The fourth-order valence-corrected chi connectivity index (χ4v) is 2.14. The highest BCUT2D eigenvalue weighted by Crippen LogP contribution is 2.10. The van der Waals surface area contributed by atoms with Crippen molar-refractivity contribution >= 4 is 29.9 Å². The van der Waals surface area contributed by atoms with Crippen LogP contribution in [0.3, 0.4) is 0 Å². The van der Waals surface area contributed by atoms with Crippen LogP contribution < -0.4 is 5.32 Å². The molecule has 0 amide bonds. The van der Waals surface area contributed by atoms with Crippen molar-refractivity contribution in [1.82, 2.24) is 10.2 Å². The lowest BCUT2D eigenvalue weighted by Gasteiger charge is -2.17. The summed E-state index contributed by atoms with van der Waals surface area (Å²) in [6, 6.07) is 17.5. The highest BCUT2D eigenvalue weighted by Gasteiger charge is 2.02. The molecule has 5 heteroatoms. The molecule has 2 aromatic carbocycles. The molecule has 23 heavy (non-hydrogen) atoms. The normalized spacial score (nSPS) is 10.8. The predicted molar refractivity (Wildman–Crippen MR) is 106 cm³/mol. The van der Waals surface area contributed by atoms with Gasteiger partial charge in [0.1, 0.15) is 5.75 Å². The van der Waals surface area contributed by atoms with Gasteiger partial charge >= 0.3 is 0 Å². The van der Waals surface area contributed by atoms with Crippen LogP contribution in [0.15, 0.2) is 59.6 Å². The molecule has 124 valence electrons. The summed E-state index contributed by atoms with van der Waals surface area (Å²) in [5.74, 6) is 1.17. The van der Waals surface area contributed by atoms with Gasteiger partial charge in [-0.15, -0.1) is 24.0 Å². The third-order valence-corrected chi connectivity index (χ3v) is 3.29. The molecule has 2 N–H and O–H groups in total. The fraction of sp³-hybridized carbons (Fsp3) is 0.278. The number of nitrogens with zero attached hydrogens (tertiary/aromatic N) is 2. The Labute approximate surface area is 155 Å². The largest absolute Gasteiger partial charge is 0.508 e. The zero-order valence-electron chi connectivity index (χ0n) is 13.6. The van der Waals surface area contributed by atoms with Crippen LogP contribution in [0, 0.1) is 0 Å². The number of aromatic hydroxyl groups is 1. The number of guanidine groups is 1. The van der Waals surface area contributed by atoms with E-state index in [1.54, 1.807) is 12.1 Å². The average molecular weight is 425 g/mol. The number of hydrogen-bond acceptors (Lipinski definition) is 2. The topological polar surface area (TPSA) is 47.9 Å². The molecule has 4 nitrogen and oxygen atoms in total. The van der Waals surface area contributed by atoms with E-state index in [-0.39, 0.29) is 24.0 Å². The number of rotatable bonds is 5. The molecule has 0 aliphatic rings. The number of benzene rings is 2. The summed E-state index contributed by atoms with van der Waals surface area (Å²) < 4.78 is 0. The maximum Gasteiger partial charge on any atom is 0.193 e. The van der Waals surface area contributed by atoms with E-state index in [4.69, 9.17) is 0 Å². The molecular weight excluding hydrogens is 401 g/mol. The molecule has 2 aromatic rings. The Morgan fingerprint density at radius 1 is 1.04 bits per heavy atom. The quantitative estimate of drug-likeness (QED) is 0.439. The molecule has 0 aliphatic heterocycles. The minimum Gasteiger partial charge on any atom is -0.508 e. The molecule has 0 heterocycles. The Hall–Kier alpha value is -1.76. The van der Waals surface area contributed by atoms with Crippen LogP contribution in [0.25, 0.3) is 0 Å². The van der Waals surface area contributed by atoms with Crippen molar-refractivity contribution in [2.75, 3.05) is 20.6 Å². The van der Waals surface area contributed by atoms with Gasteiger partial charge in [0.2, 0.25) is 0 Å². The highest BCUT2D eigenvalue weighted by atomic mass is 127. The van der Waals surface area contributed by atoms with Crippen molar-refractivity contribution in [3.63, 3.8) is 0 Å². The highest BCUT2D eigenvalue weighted by molar-refractivity contribution is 14.0. The minimum atomic E-state index is 0. The zero-order valence-corrected chi connectivity index (χ0v) is 15.9.